The fourth-order valence-corrected chi connectivity index (χ4v) is 2.48. The molecule has 0 fully saturated rings. The summed E-state index contributed by atoms with van der Waals surface area (Å²) >= 11 is 0. The van der Waals surface area contributed by atoms with Crippen LogP contribution in [0.2, 0.25) is 0 Å². The first-order valence-electron chi connectivity index (χ1n) is 6.54. The Hall–Kier alpha value is -3.02. The molecule has 0 unspecified atom stereocenters. The van der Waals surface area contributed by atoms with Crippen LogP contribution in [0.1, 0.15) is 0 Å². The van der Waals surface area contributed by atoms with E-state index in [1.54, 1.807) is 17.0 Å². The summed E-state index contributed by atoms with van der Waals surface area (Å²) in [5.74, 6) is -0.107. The number of fused-ring (bicyclic) bond motifs is 2. The van der Waals surface area contributed by atoms with Crippen LogP contribution in [0, 0.1) is 0 Å². The van der Waals surface area contributed by atoms with Gasteiger partial charge in [-0.05, 0) is 24.3 Å². The summed E-state index contributed by atoms with van der Waals surface area (Å²) in [5.41, 5.74) is 9.26. The zero-order valence-corrected chi connectivity index (χ0v) is 11.0. The summed E-state index contributed by atoms with van der Waals surface area (Å²) in [6, 6.07) is 13.3. The van der Waals surface area contributed by atoms with E-state index in [1.807, 2.05) is 30.3 Å². The lowest BCUT2D eigenvalue weighted by Gasteiger charge is -2.27. The van der Waals surface area contributed by atoms with Crippen molar-refractivity contribution < 1.29 is 9.21 Å². The number of rotatable bonds is 1. The highest BCUT2D eigenvalue weighted by Gasteiger charge is 2.26. The maximum absolute atomic E-state index is 11.8. The molecule has 0 bridgehead atoms. The van der Waals surface area contributed by atoms with Crippen LogP contribution in [0.3, 0.4) is 0 Å². The molecule has 104 valence electrons. The Morgan fingerprint density at radius 1 is 1.19 bits per heavy atom. The Balaban J connectivity index is 1.88. The first kappa shape index (κ1) is 11.8. The second-order valence-electron chi connectivity index (χ2n) is 4.84. The fraction of sp³-hybridized carbons (Fsp3) is 0.0667. The third-order valence-corrected chi connectivity index (χ3v) is 3.44. The molecular formula is C15H12N4O2. The predicted octanol–water partition coefficient (Wildman–Crippen LogP) is 2.50. The van der Waals surface area contributed by atoms with Crippen LogP contribution in [0.5, 0.6) is 0 Å². The summed E-state index contributed by atoms with van der Waals surface area (Å²) in [5, 5.41) is 2.83. The molecule has 2 aromatic carbocycles. The van der Waals surface area contributed by atoms with Crippen molar-refractivity contribution in [2.45, 2.75) is 0 Å². The zero-order chi connectivity index (χ0) is 14.4. The van der Waals surface area contributed by atoms with Crippen LogP contribution >= 0.6 is 0 Å². The topological polar surface area (TPSA) is 84.4 Å². The maximum atomic E-state index is 11.8. The molecule has 4 rings (SSSR count). The zero-order valence-electron chi connectivity index (χ0n) is 11.0. The summed E-state index contributed by atoms with van der Waals surface area (Å²) in [6.07, 6.45) is 0. The second kappa shape index (κ2) is 4.24. The van der Waals surface area contributed by atoms with Gasteiger partial charge >= 0.3 is 6.01 Å². The van der Waals surface area contributed by atoms with Crippen molar-refractivity contribution in [1.29, 1.82) is 0 Å². The Labute approximate surface area is 120 Å². The first-order chi connectivity index (χ1) is 10.2. The molecular weight excluding hydrogens is 268 g/mol. The monoisotopic (exact) mass is 280 g/mol. The van der Waals surface area contributed by atoms with Gasteiger partial charge < -0.3 is 15.5 Å². The number of oxazole rings is 1. The molecule has 21 heavy (non-hydrogen) atoms. The number of nitrogens with two attached hydrogens (primary N) is 1. The molecule has 0 radical (unpaired) electrons. The number of carbonyl (C=O) groups excluding carboxylic acids is 1. The van der Waals surface area contributed by atoms with Crippen LogP contribution in [0.25, 0.3) is 11.1 Å². The molecule has 1 aromatic heterocycles. The third kappa shape index (κ3) is 1.80. The summed E-state index contributed by atoms with van der Waals surface area (Å²) in [4.78, 5) is 18.0. The number of carbonyl (C=O) groups is 1. The van der Waals surface area contributed by atoms with Gasteiger partial charge in [-0.15, -0.1) is 0 Å². The SMILES string of the molecule is Nc1cccc2oc(N3CC(=O)Nc4ccccc43)nc12. The van der Waals surface area contributed by atoms with E-state index in [0.29, 0.717) is 22.8 Å². The van der Waals surface area contributed by atoms with Gasteiger partial charge in [-0.25, -0.2) is 0 Å². The van der Waals surface area contributed by atoms with E-state index in [9.17, 15) is 4.79 Å². The summed E-state index contributed by atoms with van der Waals surface area (Å²) in [6.45, 7) is 0.156. The van der Waals surface area contributed by atoms with Gasteiger partial charge in [0, 0.05) is 0 Å². The number of benzene rings is 2. The Kier molecular flexibility index (Phi) is 2.38. The van der Waals surface area contributed by atoms with Crippen molar-refractivity contribution in [3.8, 4) is 0 Å². The minimum absolute atomic E-state index is 0.107. The number of anilines is 4. The summed E-state index contributed by atoms with van der Waals surface area (Å²) < 4.78 is 5.75. The number of hydrogen-bond donors (Lipinski definition) is 2. The highest BCUT2D eigenvalue weighted by Crippen LogP contribution is 2.36. The number of para-hydroxylation sites is 3. The van der Waals surface area contributed by atoms with Gasteiger partial charge in [0.05, 0.1) is 17.1 Å². The molecule has 3 aromatic rings. The predicted molar refractivity (Wildman–Crippen MR) is 80.5 cm³/mol. The molecule has 1 aliphatic rings. The standard InChI is InChI=1S/C15H12N4O2/c16-9-4-3-7-12-14(9)18-15(21-12)19-8-13(20)17-10-5-1-2-6-11(10)19/h1-7H,8,16H2,(H,17,20). The van der Waals surface area contributed by atoms with Crippen molar-refractivity contribution in [2.75, 3.05) is 22.5 Å². The van der Waals surface area contributed by atoms with Gasteiger partial charge in [-0.3, -0.25) is 9.69 Å². The molecule has 1 aliphatic heterocycles. The van der Waals surface area contributed by atoms with Crippen LogP contribution in [0.15, 0.2) is 46.9 Å². The molecule has 2 heterocycles. The molecule has 0 spiro atoms. The van der Waals surface area contributed by atoms with E-state index in [2.05, 4.69) is 10.3 Å². The number of aromatic nitrogens is 1. The molecule has 0 atom stereocenters. The van der Waals surface area contributed by atoms with Gasteiger partial charge in [0.2, 0.25) is 5.91 Å². The minimum atomic E-state index is -0.107. The first-order valence-corrected chi connectivity index (χ1v) is 6.54. The van der Waals surface area contributed by atoms with Crippen molar-refractivity contribution in [3.05, 3.63) is 42.5 Å². The highest BCUT2D eigenvalue weighted by atomic mass is 16.4. The Morgan fingerprint density at radius 3 is 2.90 bits per heavy atom. The van der Waals surface area contributed by atoms with E-state index >= 15 is 0 Å². The number of amides is 1. The summed E-state index contributed by atoms with van der Waals surface area (Å²) in [7, 11) is 0. The molecule has 0 saturated carbocycles. The van der Waals surface area contributed by atoms with Crippen molar-refractivity contribution in [2.24, 2.45) is 0 Å². The lowest BCUT2D eigenvalue weighted by molar-refractivity contribution is -0.115. The maximum Gasteiger partial charge on any atom is 0.303 e. The molecule has 0 saturated heterocycles. The largest absolute Gasteiger partial charge is 0.423 e. The number of hydrogen-bond acceptors (Lipinski definition) is 5. The van der Waals surface area contributed by atoms with Crippen LogP contribution in [0.4, 0.5) is 23.1 Å². The quantitative estimate of drug-likeness (QED) is 0.669. The van der Waals surface area contributed by atoms with Gasteiger partial charge in [0.1, 0.15) is 12.1 Å². The van der Waals surface area contributed by atoms with E-state index in [0.717, 1.165) is 11.4 Å². The van der Waals surface area contributed by atoms with Gasteiger partial charge in [-0.2, -0.15) is 4.98 Å². The number of nitrogen functional groups attached to an aromatic ring is 1. The van der Waals surface area contributed by atoms with Gasteiger partial charge in [0.25, 0.3) is 0 Å². The molecule has 6 heteroatoms. The van der Waals surface area contributed by atoms with Crippen molar-refractivity contribution >= 4 is 40.1 Å². The van der Waals surface area contributed by atoms with E-state index in [1.165, 1.54) is 0 Å². The smallest absolute Gasteiger partial charge is 0.303 e. The van der Waals surface area contributed by atoms with Gasteiger partial charge in [-0.1, -0.05) is 18.2 Å². The normalized spacial score (nSPS) is 14.1. The lowest BCUT2D eigenvalue weighted by Crippen LogP contribution is -2.35. The number of nitrogens with zero attached hydrogens (tertiary/aromatic N) is 2. The highest BCUT2D eigenvalue weighted by molar-refractivity contribution is 6.02. The van der Waals surface area contributed by atoms with Crippen molar-refractivity contribution in [1.82, 2.24) is 4.98 Å². The third-order valence-electron chi connectivity index (χ3n) is 3.44. The molecule has 0 aliphatic carbocycles. The number of nitrogens with one attached hydrogen (secondary N) is 1. The van der Waals surface area contributed by atoms with Crippen LogP contribution in [-0.4, -0.2) is 17.4 Å². The Morgan fingerprint density at radius 2 is 2.05 bits per heavy atom. The Bertz CT molecular complexity index is 856. The van der Waals surface area contributed by atoms with E-state index < -0.39 is 0 Å². The average molecular weight is 280 g/mol. The van der Waals surface area contributed by atoms with E-state index in [4.69, 9.17) is 10.2 Å². The molecule has 3 N–H and O–H groups in total. The van der Waals surface area contributed by atoms with Crippen LogP contribution < -0.4 is 16.0 Å². The van der Waals surface area contributed by atoms with Gasteiger partial charge in [0.15, 0.2) is 5.58 Å². The average Bonchev–Trinajstić information content (AvgIpc) is 2.92. The molecule has 6 nitrogen and oxygen atoms in total. The fourth-order valence-electron chi connectivity index (χ4n) is 2.48. The van der Waals surface area contributed by atoms with Crippen molar-refractivity contribution in [3.63, 3.8) is 0 Å². The lowest BCUT2D eigenvalue weighted by atomic mass is 10.2. The van der Waals surface area contributed by atoms with E-state index in [-0.39, 0.29) is 12.5 Å². The second-order valence-corrected chi connectivity index (χ2v) is 4.84. The minimum Gasteiger partial charge on any atom is -0.423 e. The molecule has 1 amide bonds. The van der Waals surface area contributed by atoms with Crippen LogP contribution in [-0.2, 0) is 4.79 Å².